The fourth-order valence-electron chi connectivity index (χ4n) is 5.84. The molecule has 2 aromatic rings. The molecule has 5 nitrogen and oxygen atoms in total. The molecule has 182 valence electrons. The zero-order valence-electron chi connectivity index (χ0n) is 19.4. The van der Waals surface area contributed by atoms with Crippen LogP contribution in [0.5, 0.6) is 0 Å². The van der Waals surface area contributed by atoms with Gasteiger partial charge in [0.2, 0.25) is 5.91 Å². The number of aromatic nitrogens is 1. The van der Waals surface area contributed by atoms with Gasteiger partial charge in [-0.2, -0.15) is 13.2 Å². The molecule has 0 spiro atoms. The minimum absolute atomic E-state index is 0.194. The van der Waals surface area contributed by atoms with Crippen molar-refractivity contribution in [3.8, 4) is 0 Å². The predicted molar refractivity (Wildman–Crippen MR) is 126 cm³/mol. The highest BCUT2D eigenvalue weighted by Crippen LogP contribution is 2.34. The van der Waals surface area contributed by atoms with Gasteiger partial charge >= 0.3 is 6.18 Å². The number of nitrogens with zero attached hydrogens (tertiary/aromatic N) is 3. The lowest BCUT2D eigenvalue weighted by molar-refractivity contribution is -0.137. The number of hydrogen-bond donors (Lipinski definition) is 1. The van der Waals surface area contributed by atoms with Gasteiger partial charge in [0.25, 0.3) is 0 Å². The van der Waals surface area contributed by atoms with Crippen molar-refractivity contribution in [2.75, 3.05) is 25.0 Å². The van der Waals surface area contributed by atoms with E-state index < -0.39 is 11.7 Å². The number of amides is 1. The van der Waals surface area contributed by atoms with E-state index in [1.807, 2.05) is 0 Å². The average molecular weight is 473 g/mol. The number of carbonyl (C=O) groups excluding carboxylic acids is 1. The second-order valence-electron chi connectivity index (χ2n) is 9.90. The molecule has 2 unspecified atom stereocenters. The number of likely N-dealkylation sites (tertiary alicyclic amines) is 1. The fourth-order valence-corrected chi connectivity index (χ4v) is 5.84. The summed E-state index contributed by atoms with van der Waals surface area (Å²) in [7, 11) is 0. The molecule has 1 aromatic heterocycles. The van der Waals surface area contributed by atoms with Crippen molar-refractivity contribution < 1.29 is 18.0 Å². The summed E-state index contributed by atoms with van der Waals surface area (Å²) < 4.78 is 38.8. The molecule has 5 rings (SSSR count). The highest BCUT2D eigenvalue weighted by molar-refractivity contribution is 5.81. The number of benzene rings is 1. The molecule has 3 aliphatic rings. The Bertz CT molecular complexity index is 1090. The average Bonchev–Trinajstić information content (AvgIpc) is 2.78. The first-order valence-corrected chi connectivity index (χ1v) is 12.2. The van der Waals surface area contributed by atoms with Gasteiger partial charge in [-0.1, -0.05) is 11.6 Å². The maximum absolute atomic E-state index is 12.9. The molecular weight excluding hydrogens is 441 g/mol. The van der Waals surface area contributed by atoms with E-state index >= 15 is 0 Å². The van der Waals surface area contributed by atoms with E-state index in [9.17, 15) is 18.0 Å². The molecule has 2 fully saturated rings. The largest absolute Gasteiger partial charge is 0.416 e. The SMILES string of the molecule is CC(=O)N1C2C=C(CN3CCC(Nc4ccc5cc(C(F)(F)F)ccc5n4)CC3)CC1CCC2. The number of halogens is 3. The van der Waals surface area contributed by atoms with Gasteiger partial charge in [-0.15, -0.1) is 0 Å². The molecule has 3 aliphatic heterocycles. The van der Waals surface area contributed by atoms with Crippen LogP contribution in [0.25, 0.3) is 10.9 Å². The molecule has 34 heavy (non-hydrogen) atoms. The third-order valence-electron chi connectivity index (χ3n) is 7.46. The van der Waals surface area contributed by atoms with E-state index in [1.165, 1.54) is 18.1 Å². The summed E-state index contributed by atoms with van der Waals surface area (Å²) in [6.07, 6.45) is 4.34. The monoisotopic (exact) mass is 472 g/mol. The maximum Gasteiger partial charge on any atom is 0.416 e. The van der Waals surface area contributed by atoms with Crippen molar-refractivity contribution in [1.82, 2.24) is 14.8 Å². The smallest absolute Gasteiger partial charge is 0.367 e. The lowest BCUT2D eigenvalue weighted by Gasteiger charge is -2.45. The molecule has 8 heteroatoms. The van der Waals surface area contributed by atoms with Crippen molar-refractivity contribution in [2.24, 2.45) is 0 Å². The molecule has 1 aromatic carbocycles. The van der Waals surface area contributed by atoms with Crippen molar-refractivity contribution in [2.45, 2.75) is 69.8 Å². The number of anilines is 1. The van der Waals surface area contributed by atoms with E-state index in [1.54, 1.807) is 19.1 Å². The van der Waals surface area contributed by atoms with Gasteiger partial charge in [0.05, 0.1) is 17.1 Å². The van der Waals surface area contributed by atoms with Gasteiger partial charge in [-0.3, -0.25) is 9.69 Å². The Morgan fingerprint density at radius 3 is 2.62 bits per heavy atom. The number of fused-ring (bicyclic) bond motifs is 3. The zero-order valence-corrected chi connectivity index (χ0v) is 19.4. The van der Waals surface area contributed by atoms with Crippen molar-refractivity contribution in [3.05, 3.63) is 47.5 Å². The highest BCUT2D eigenvalue weighted by atomic mass is 19.4. The van der Waals surface area contributed by atoms with Crippen LogP contribution in [0.3, 0.4) is 0 Å². The molecule has 1 N–H and O–H groups in total. The van der Waals surface area contributed by atoms with Gasteiger partial charge < -0.3 is 10.2 Å². The second-order valence-corrected chi connectivity index (χ2v) is 9.90. The first kappa shape index (κ1) is 23.1. The van der Waals surface area contributed by atoms with Gasteiger partial charge in [-0.05, 0) is 68.9 Å². The number of hydrogen-bond acceptors (Lipinski definition) is 4. The Balaban J connectivity index is 1.16. The number of pyridine rings is 1. The molecule has 2 atom stereocenters. The Labute approximate surface area is 198 Å². The Hall–Kier alpha value is -2.61. The molecular formula is C26H31F3N4O. The standard InChI is InChI=1S/C26H31F3N4O/c1-17(34)33-22-3-2-4-23(33)14-18(13-22)16-32-11-9-21(10-12-32)30-25-8-5-19-15-20(26(27,28)29)6-7-24(19)31-25/h5-8,13,15,21-23H,2-4,9-12,14,16H2,1H3,(H,30,31). The quantitative estimate of drug-likeness (QED) is 0.619. The van der Waals surface area contributed by atoms with Crippen LogP contribution in [-0.4, -0.2) is 58.5 Å². The molecule has 0 saturated carbocycles. The van der Waals surface area contributed by atoms with Gasteiger partial charge in [0.15, 0.2) is 0 Å². The molecule has 1 amide bonds. The number of nitrogens with one attached hydrogen (secondary N) is 1. The summed E-state index contributed by atoms with van der Waals surface area (Å²) in [5.41, 5.74) is 1.37. The summed E-state index contributed by atoms with van der Waals surface area (Å²) in [6.45, 7) is 4.64. The van der Waals surface area contributed by atoms with Crippen molar-refractivity contribution in [1.29, 1.82) is 0 Å². The van der Waals surface area contributed by atoms with Crippen LogP contribution in [0.1, 0.15) is 51.0 Å². The van der Waals surface area contributed by atoms with Crippen LogP contribution in [0.4, 0.5) is 19.0 Å². The first-order chi connectivity index (χ1) is 16.3. The van der Waals surface area contributed by atoms with Gasteiger partial charge in [0, 0.05) is 44.0 Å². The first-order valence-electron chi connectivity index (χ1n) is 12.2. The van der Waals surface area contributed by atoms with E-state index in [4.69, 9.17) is 0 Å². The van der Waals surface area contributed by atoms with Crippen LogP contribution in [0.15, 0.2) is 42.0 Å². The van der Waals surface area contributed by atoms with E-state index in [0.717, 1.165) is 63.9 Å². The second kappa shape index (κ2) is 9.21. The highest BCUT2D eigenvalue weighted by Gasteiger charge is 2.36. The van der Waals surface area contributed by atoms with Crippen LogP contribution in [-0.2, 0) is 11.0 Å². The Morgan fingerprint density at radius 2 is 1.91 bits per heavy atom. The van der Waals surface area contributed by atoms with Crippen LogP contribution in [0.2, 0.25) is 0 Å². The van der Waals surface area contributed by atoms with Crippen molar-refractivity contribution in [3.63, 3.8) is 0 Å². The van der Waals surface area contributed by atoms with Crippen LogP contribution < -0.4 is 5.32 Å². The molecule has 0 radical (unpaired) electrons. The van der Waals surface area contributed by atoms with Crippen LogP contribution in [0, 0.1) is 0 Å². The number of alkyl halides is 3. The van der Waals surface area contributed by atoms with E-state index in [2.05, 4.69) is 26.2 Å². The Kier molecular flexibility index (Phi) is 6.27. The summed E-state index contributed by atoms with van der Waals surface area (Å²) in [5, 5.41) is 3.96. The number of carbonyl (C=O) groups is 1. The normalized spacial score (nSPS) is 24.2. The zero-order chi connectivity index (χ0) is 23.9. The summed E-state index contributed by atoms with van der Waals surface area (Å²) in [5.74, 6) is 0.901. The van der Waals surface area contributed by atoms with Gasteiger partial charge in [-0.25, -0.2) is 4.98 Å². The maximum atomic E-state index is 12.9. The Morgan fingerprint density at radius 1 is 1.12 bits per heavy atom. The van der Waals surface area contributed by atoms with Crippen molar-refractivity contribution >= 4 is 22.6 Å². The minimum atomic E-state index is -4.35. The lowest BCUT2D eigenvalue weighted by atomic mass is 9.84. The lowest BCUT2D eigenvalue weighted by Crippen LogP contribution is -2.51. The van der Waals surface area contributed by atoms with E-state index in [0.29, 0.717) is 28.8 Å². The summed E-state index contributed by atoms with van der Waals surface area (Å²) in [4.78, 5) is 21.2. The predicted octanol–water partition coefficient (Wildman–Crippen LogP) is 5.23. The third-order valence-corrected chi connectivity index (χ3v) is 7.46. The number of piperidine rings is 2. The minimum Gasteiger partial charge on any atom is -0.367 e. The third kappa shape index (κ3) is 4.92. The topological polar surface area (TPSA) is 48.5 Å². The van der Waals surface area contributed by atoms with Gasteiger partial charge in [0.1, 0.15) is 5.82 Å². The fraction of sp³-hybridized carbons (Fsp3) is 0.538. The molecule has 0 aliphatic carbocycles. The number of rotatable bonds is 4. The molecule has 4 heterocycles. The summed E-state index contributed by atoms with van der Waals surface area (Å²) >= 11 is 0. The summed E-state index contributed by atoms with van der Waals surface area (Å²) in [6, 6.07) is 8.06. The molecule has 2 bridgehead atoms. The molecule has 2 saturated heterocycles. The van der Waals surface area contributed by atoms with E-state index in [-0.39, 0.29) is 11.9 Å². The van der Waals surface area contributed by atoms with Crippen LogP contribution >= 0.6 is 0 Å².